The zero-order chi connectivity index (χ0) is 13.9. The van der Waals surface area contributed by atoms with E-state index in [2.05, 4.69) is 39.1 Å². The highest BCUT2D eigenvalue weighted by Gasteiger charge is 2.27. The Hall–Kier alpha value is -1.24. The molecule has 0 aliphatic carbocycles. The highest BCUT2D eigenvalue weighted by atomic mass is 32.1. The van der Waals surface area contributed by atoms with Crippen LogP contribution in [-0.2, 0) is 20.0 Å². The topological polar surface area (TPSA) is 46.0 Å². The van der Waals surface area contributed by atoms with E-state index in [1.54, 1.807) is 11.3 Å². The fourth-order valence-electron chi connectivity index (χ4n) is 2.68. The normalized spacial score (nSPS) is 20.4. The van der Waals surface area contributed by atoms with Gasteiger partial charge < -0.3 is 9.88 Å². The summed E-state index contributed by atoms with van der Waals surface area (Å²) >= 11 is 1.77. The molecule has 1 N–H and O–H groups in total. The second-order valence-electron chi connectivity index (χ2n) is 5.17. The fraction of sp³-hybridized carbons (Fsp3) is 0.571. The summed E-state index contributed by atoms with van der Waals surface area (Å²) in [5.74, 6) is 1.13. The maximum atomic E-state index is 4.69. The third-order valence-corrected chi connectivity index (χ3v) is 4.82. The molecule has 2 aromatic rings. The molecule has 1 fully saturated rings. The number of nitrogens with zero attached hydrogens (tertiary/aromatic N) is 4. The molecule has 1 aliphatic heterocycles. The average Bonchev–Trinajstić information content (AvgIpc) is 3.08. The van der Waals surface area contributed by atoms with Crippen LogP contribution in [-0.4, -0.2) is 39.1 Å². The van der Waals surface area contributed by atoms with Crippen LogP contribution in [0.2, 0.25) is 0 Å². The molecule has 6 heteroatoms. The molecule has 108 valence electrons. The molecule has 1 aliphatic rings. The summed E-state index contributed by atoms with van der Waals surface area (Å²) in [6.45, 7) is 6.09. The van der Waals surface area contributed by atoms with Crippen molar-refractivity contribution in [1.29, 1.82) is 0 Å². The maximum absolute atomic E-state index is 4.69. The molecular weight excluding hydrogens is 270 g/mol. The van der Waals surface area contributed by atoms with Gasteiger partial charge in [0.05, 0.1) is 16.7 Å². The van der Waals surface area contributed by atoms with E-state index in [-0.39, 0.29) is 0 Å². The van der Waals surface area contributed by atoms with Crippen LogP contribution in [0.5, 0.6) is 0 Å². The van der Waals surface area contributed by atoms with Gasteiger partial charge >= 0.3 is 0 Å². The zero-order valence-electron chi connectivity index (χ0n) is 12.0. The van der Waals surface area contributed by atoms with Gasteiger partial charge in [-0.15, -0.1) is 11.3 Å². The molecule has 0 radical (unpaired) electrons. The number of piperazine rings is 1. The van der Waals surface area contributed by atoms with Crippen LogP contribution in [0.25, 0.3) is 0 Å². The SMILES string of the molecule is CCc1nc(CN2CCNCC2c2nccn2C)cs1. The molecule has 0 saturated carbocycles. The molecular formula is C14H21N5S. The van der Waals surface area contributed by atoms with Crippen molar-refractivity contribution < 1.29 is 0 Å². The molecule has 3 rings (SSSR count). The molecule has 1 saturated heterocycles. The lowest BCUT2D eigenvalue weighted by atomic mass is 10.1. The Morgan fingerprint density at radius 2 is 2.40 bits per heavy atom. The van der Waals surface area contributed by atoms with Crippen LogP contribution in [0.1, 0.15) is 29.5 Å². The van der Waals surface area contributed by atoms with Crippen LogP contribution in [0.4, 0.5) is 0 Å². The number of aryl methyl sites for hydroxylation is 2. The van der Waals surface area contributed by atoms with Crippen molar-refractivity contribution in [2.45, 2.75) is 25.9 Å². The van der Waals surface area contributed by atoms with Gasteiger partial charge in [0.1, 0.15) is 5.82 Å². The molecule has 2 aromatic heterocycles. The Balaban J connectivity index is 1.77. The molecule has 20 heavy (non-hydrogen) atoms. The molecule has 1 atom stereocenters. The van der Waals surface area contributed by atoms with Crippen molar-refractivity contribution in [3.05, 3.63) is 34.3 Å². The molecule has 0 bridgehead atoms. The van der Waals surface area contributed by atoms with Gasteiger partial charge in [0.15, 0.2) is 0 Å². The maximum Gasteiger partial charge on any atom is 0.127 e. The quantitative estimate of drug-likeness (QED) is 0.929. The average molecular weight is 291 g/mol. The number of nitrogens with one attached hydrogen (secondary N) is 1. The Morgan fingerprint density at radius 1 is 1.50 bits per heavy atom. The standard InChI is InChI=1S/C14H21N5S/c1-3-13-17-11(10-20-13)9-19-7-4-15-8-12(19)14-16-5-6-18(14)2/h5-6,10,12,15H,3-4,7-9H2,1-2H3. The second kappa shape index (κ2) is 6.03. The van der Waals surface area contributed by atoms with Crippen molar-refractivity contribution >= 4 is 11.3 Å². The van der Waals surface area contributed by atoms with Crippen LogP contribution in [0.15, 0.2) is 17.8 Å². The molecule has 0 amide bonds. The van der Waals surface area contributed by atoms with Crippen molar-refractivity contribution in [2.75, 3.05) is 19.6 Å². The number of hydrogen-bond donors (Lipinski definition) is 1. The van der Waals surface area contributed by atoms with Crippen molar-refractivity contribution in [2.24, 2.45) is 7.05 Å². The summed E-state index contributed by atoms with van der Waals surface area (Å²) in [7, 11) is 2.06. The lowest BCUT2D eigenvalue weighted by Gasteiger charge is -2.35. The zero-order valence-corrected chi connectivity index (χ0v) is 12.9. The highest BCUT2D eigenvalue weighted by molar-refractivity contribution is 7.09. The predicted octanol–water partition coefficient (Wildman–Crippen LogP) is 1.59. The van der Waals surface area contributed by atoms with Crippen molar-refractivity contribution in [3.63, 3.8) is 0 Å². The Labute approximate surface area is 123 Å². The van der Waals surface area contributed by atoms with Gasteiger partial charge in [0.2, 0.25) is 0 Å². The monoisotopic (exact) mass is 291 g/mol. The summed E-state index contributed by atoms with van der Waals surface area (Å²) < 4.78 is 2.11. The summed E-state index contributed by atoms with van der Waals surface area (Å²) in [5, 5.41) is 6.89. The lowest BCUT2D eigenvalue weighted by Crippen LogP contribution is -2.46. The Kier molecular flexibility index (Phi) is 4.14. The predicted molar refractivity (Wildman–Crippen MR) is 80.7 cm³/mol. The Morgan fingerprint density at radius 3 is 3.10 bits per heavy atom. The van der Waals surface area contributed by atoms with Gasteiger partial charge in [-0.3, -0.25) is 4.90 Å². The molecule has 3 heterocycles. The second-order valence-corrected chi connectivity index (χ2v) is 6.12. The third kappa shape index (κ3) is 2.77. The van der Waals surface area contributed by atoms with E-state index in [0.717, 1.165) is 38.4 Å². The first-order chi connectivity index (χ1) is 9.78. The van der Waals surface area contributed by atoms with Gasteiger partial charge in [0.25, 0.3) is 0 Å². The lowest BCUT2D eigenvalue weighted by molar-refractivity contribution is 0.143. The van der Waals surface area contributed by atoms with E-state index in [4.69, 9.17) is 4.98 Å². The summed E-state index contributed by atoms with van der Waals surface area (Å²) in [5.41, 5.74) is 1.19. The van der Waals surface area contributed by atoms with Gasteiger partial charge in [-0.1, -0.05) is 6.92 Å². The van der Waals surface area contributed by atoms with Crippen molar-refractivity contribution in [3.8, 4) is 0 Å². The number of rotatable bonds is 4. The van der Waals surface area contributed by atoms with Gasteiger partial charge in [-0.05, 0) is 6.42 Å². The smallest absolute Gasteiger partial charge is 0.127 e. The van der Waals surface area contributed by atoms with E-state index in [1.165, 1.54) is 10.7 Å². The number of thiazole rings is 1. The highest BCUT2D eigenvalue weighted by Crippen LogP contribution is 2.23. The van der Waals surface area contributed by atoms with E-state index >= 15 is 0 Å². The minimum absolute atomic E-state index is 0.329. The van der Waals surface area contributed by atoms with Crippen molar-refractivity contribution in [1.82, 2.24) is 24.8 Å². The first-order valence-corrected chi connectivity index (χ1v) is 8.01. The Bertz CT molecular complexity index is 561. The van der Waals surface area contributed by atoms with E-state index in [9.17, 15) is 0 Å². The van der Waals surface area contributed by atoms with Gasteiger partial charge in [-0.2, -0.15) is 0 Å². The number of imidazole rings is 1. The van der Waals surface area contributed by atoms with Gasteiger partial charge in [-0.25, -0.2) is 9.97 Å². The van der Waals surface area contributed by atoms with Crippen LogP contribution in [0.3, 0.4) is 0 Å². The molecule has 0 aromatic carbocycles. The first-order valence-electron chi connectivity index (χ1n) is 7.13. The minimum Gasteiger partial charge on any atom is -0.337 e. The largest absolute Gasteiger partial charge is 0.337 e. The number of aromatic nitrogens is 3. The summed E-state index contributed by atoms with van der Waals surface area (Å²) in [4.78, 5) is 11.7. The molecule has 1 unspecified atom stereocenters. The number of hydrogen-bond acceptors (Lipinski definition) is 5. The third-order valence-electron chi connectivity index (χ3n) is 3.78. The van der Waals surface area contributed by atoms with E-state index < -0.39 is 0 Å². The minimum atomic E-state index is 0.329. The van der Waals surface area contributed by atoms with Crippen LogP contribution >= 0.6 is 11.3 Å². The first kappa shape index (κ1) is 13.7. The fourth-order valence-corrected chi connectivity index (χ4v) is 3.42. The summed E-state index contributed by atoms with van der Waals surface area (Å²) in [6.07, 6.45) is 4.91. The van der Waals surface area contributed by atoms with Gasteiger partial charge in [0, 0.05) is 51.0 Å². The van der Waals surface area contributed by atoms with Crippen LogP contribution < -0.4 is 5.32 Å². The molecule has 5 nitrogen and oxygen atoms in total. The summed E-state index contributed by atoms with van der Waals surface area (Å²) in [6, 6.07) is 0.329. The van der Waals surface area contributed by atoms with E-state index in [1.807, 2.05) is 12.4 Å². The van der Waals surface area contributed by atoms with E-state index in [0.29, 0.717) is 6.04 Å². The molecule has 0 spiro atoms. The van der Waals surface area contributed by atoms with Crippen LogP contribution in [0, 0.1) is 0 Å².